The van der Waals surface area contributed by atoms with E-state index in [-0.39, 0.29) is 5.56 Å². The number of fused-ring (bicyclic) bond motifs is 1. The van der Waals surface area contributed by atoms with E-state index < -0.39 is 23.6 Å². The van der Waals surface area contributed by atoms with Crippen molar-refractivity contribution < 1.29 is 13.6 Å². The van der Waals surface area contributed by atoms with Gasteiger partial charge in [0.15, 0.2) is 5.82 Å². The first-order valence-electron chi connectivity index (χ1n) is 9.85. The van der Waals surface area contributed by atoms with E-state index in [1.807, 2.05) is 4.57 Å². The Morgan fingerprint density at radius 1 is 1.23 bits per heavy atom. The quantitative estimate of drug-likeness (QED) is 0.672. The Morgan fingerprint density at radius 3 is 2.83 bits per heavy atom. The Hall–Kier alpha value is -2.65. The van der Waals surface area contributed by atoms with Crippen LogP contribution in [0.2, 0.25) is 0 Å². The molecule has 1 amide bonds. The maximum absolute atomic E-state index is 13.9. The lowest BCUT2D eigenvalue weighted by atomic mass is 10.1. The van der Waals surface area contributed by atoms with Gasteiger partial charge in [-0.15, -0.1) is 21.5 Å². The zero-order chi connectivity index (χ0) is 21.3. The molecule has 1 aromatic carbocycles. The Morgan fingerprint density at radius 2 is 2.07 bits per heavy atom. The predicted octanol–water partition coefficient (Wildman–Crippen LogP) is 3.48. The van der Waals surface area contributed by atoms with Crippen LogP contribution in [-0.4, -0.2) is 38.7 Å². The molecule has 0 saturated carbocycles. The van der Waals surface area contributed by atoms with Gasteiger partial charge in [0.1, 0.15) is 17.5 Å². The number of nitrogens with zero attached hydrogens (tertiary/aromatic N) is 4. The molecule has 158 valence electrons. The summed E-state index contributed by atoms with van der Waals surface area (Å²) in [7, 11) is 0. The summed E-state index contributed by atoms with van der Waals surface area (Å²) in [6.07, 6.45) is 0.761. The van der Waals surface area contributed by atoms with Crippen LogP contribution in [0.5, 0.6) is 0 Å². The largest absolute Gasteiger partial charge is 0.342 e. The molecule has 0 unspecified atom stereocenters. The smallest absolute Gasteiger partial charge is 0.254 e. The van der Waals surface area contributed by atoms with Crippen molar-refractivity contribution in [2.24, 2.45) is 0 Å². The van der Waals surface area contributed by atoms with E-state index in [0.29, 0.717) is 12.4 Å². The van der Waals surface area contributed by atoms with E-state index in [9.17, 15) is 13.6 Å². The maximum atomic E-state index is 13.9. The fourth-order valence-corrected chi connectivity index (χ4v) is 4.59. The summed E-state index contributed by atoms with van der Waals surface area (Å²) in [5.41, 5.74) is 0.986. The molecule has 6 nitrogen and oxygen atoms in total. The van der Waals surface area contributed by atoms with Crippen LogP contribution in [-0.2, 0) is 19.5 Å². The average molecular weight is 432 g/mol. The van der Waals surface area contributed by atoms with Crippen molar-refractivity contribution in [2.45, 2.75) is 39.4 Å². The number of carbonyl (C=O) groups is 1. The van der Waals surface area contributed by atoms with E-state index in [1.165, 1.54) is 10.4 Å². The van der Waals surface area contributed by atoms with Crippen molar-refractivity contribution in [3.05, 3.63) is 68.9 Å². The van der Waals surface area contributed by atoms with Gasteiger partial charge in [-0.2, -0.15) is 0 Å². The van der Waals surface area contributed by atoms with Gasteiger partial charge in [-0.05, 0) is 49.1 Å². The summed E-state index contributed by atoms with van der Waals surface area (Å²) in [6, 6.07) is 4.47. The highest BCUT2D eigenvalue weighted by molar-refractivity contribution is 7.10. The van der Waals surface area contributed by atoms with Crippen molar-refractivity contribution in [1.29, 1.82) is 0 Å². The summed E-state index contributed by atoms with van der Waals surface area (Å²) < 4.78 is 29.3. The Kier molecular flexibility index (Phi) is 5.92. The molecule has 0 radical (unpaired) electrons. The Balaban J connectivity index is 1.45. The molecule has 3 heterocycles. The van der Waals surface area contributed by atoms with Crippen molar-refractivity contribution in [3.63, 3.8) is 0 Å². The number of rotatable bonds is 5. The number of thiophene rings is 1. The van der Waals surface area contributed by atoms with Crippen LogP contribution >= 0.6 is 11.3 Å². The van der Waals surface area contributed by atoms with Crippen LogP contribution < -0.4 is 5.32 Å². The number of aryl methyl sites for hydroxylation is 1. The fraction of sp³-hybridized carbons (Fsp3) is 0.381. The van der Waals surface area contributed by atoms with Crippen LogP contribution in [0.1, 0.15) is 45.4 Å². The van der Waals surface area contributed by atoms with Gasteiger partial charge < -0.3 is 9.88 Å². The summed E-state index contributed by atoms with van der Waals surface area (Å²) in [5.74, 6) is -0.620. The molecule has 1 aliphatic rings. The Labute approximate surface area is 177 Å². The Bertz CT molecular complexity index is 1060. The maximum Gasteiger partial charge on any atom is 0.254 e. The zero-order valence-corrected chi connectivity index (χ0v) is 17.7. The predicted molar refractivity (Wildman–Crippen MR) is 110 cm³/mol. The van der Waals surface area contributed by atoms with Gasteiger partial charge in [0, 0.05) is 37.5 Å². The summed E-state index contributed by atoms with van der Waals surface area (Å²) in [6.45, 7) is 7.23. The van der Waals surface area contributed by atoms with Gasteiger partial charge in [-0.3, -0.25) is 9.69 Å². The molecule has 2 aromatic heterocycles. The highest BCUT2D eigenvalue weighted by atomic mass is 32.1. The van der Waals surface area contributed by atoms with Gasteiger partial charge in [-0.25, -0.2) is 8.78 Å². The molecule has 0 aliphatic carbocycles. The van der Waals surface area contributed by atoms with E-state index >= 15 is 0 Å². The number of hydrogen-bond acceptors (Lipinski definition) is 5. The fourth-order valence-electron chi connectivity index (χ4n) is 3.65. The van der Waals surface area contributed by atoms with Gasteiger partial charge in [-0.1, -0.05) is 0 Å². The molecule has 1 atom stereocenters. The second-order valence-electron chi connectivity index (χ2n) is 7.50. The van der Waals surface area contributed by atoms with Crippen LogP contribution in [0, 0.1) is 18.6 Å². The molecular weight excluding hydrogens is 408 g/mol. The number of halogens is 2. The summed E-state index contributed by atoms with van der Waals surface area (Å²) in [4.78, 5) is 16.2. The standard InChI is InChI=1S/C21H23F2N5OS/c1-13-6-10-30-18(13)12-27-7-5-19-25-26-20(28(19)9-8-27)14(2)24-21(29)16-11-15(22)3-4-17(16)23/h3-4,6,10-11,14H,5,7-9,12H2,1-2H3,(H,24,29)/t14-/m1/s1. The van der Waals surface area contributed by atoms with E-state index in [1.54, 1.807) is 18.3 Å². The minimum absolute atomic E-state index is 0.324. The molecule has 1 N–H and O–H groups in total. The zero-order valence-electron chi connectivity index (χ0n) is 16.9. The average Bonchev–Trinajstić information content (AvgIpc) is 3.26. The molecule has 4 rings (SSSR count). The number of aromatic nitrogens is 3. The normalized spacial score (nSPS) is 15.5. The monoisotopic (exact) mass is 431 g/mol. The molecule has 0 bridgehead atoms. The third-order valence-corrected chi connectivity index (χ3v) is 6.40. The molecular formula is C21H23F2N5OS. The molecule has 0 fully saturated rings. The lowest BCUT2D eigenvalue weighted by molar-refractivity contribution is 0.0933. The van der Waals surface area contributed by atoms with Crippen LogP contribution in [0.3, 0.4) is 0 Å². The van der Waals surface area contributed by atoms with Gasteiger partial charge >= 0.3 is 0 Å². The third kappa shape index (κ3) is 4.27. The van der Waals surface area contributed by atoms with Gasteiger partial charge in [0.05, 0.1) is 11.6 Å². The van der Waals surface area contributed by atoms with Gasteiger partial charge in [0.2, 0.25) is 0 Å². The van der Waals surface area contributed by atoms with E-state index in [0.717, 1.165) is 50.1 Å². The summed E-state index contributed by atoms with van der Waals surface area (Å²) in [5, 5.41) is 13.4. The van der Waals surface area contributed by atoms with Crippen LogP contribution in [0.4, 0.5) is 8.78 Å². The minimum Gasteiger partial charge on any atom is -0.342 e. The first-order valence-corrected chi connectivity index (χ1v) is 10.7. The molecule has 30 heavy (non-hydrogen) atoms. The molecule has 0 spiro atoms. The highest BCUT2D eigenvalue weighted by Gasteiger charge is 2.24. The van der Waals surface area contributed by atoms with Crippen molar-refractivity contribution >= 4 is 17.2 Å². The van der Waals surface area contributed by atoms with Crippen LogP contribution in [0.15, 0.2) is 29.6 Å². The number of nitrogens with one attached hydrogen (secondary N) is 1. The highest BCUT2D eigenvalue weighted by Crippen LogP contribution is 2.21. The minimum atomic E-state index is -0.763. The molecule has 9 heteroatoms. The molecule has 3 aromatic rings. The summed E-state index contributed by atoms with van der Waals surface area (Å²) >= 11 is 1.77. The molecule has 0 saturated heterocycles. The molecule has 1 aliphatic heterocycles. The second kappa shape index (κ2) is 8.61. The number of hydrogen-bond donors (Lipinski definition) is 1. The third-order valence-electron chi connectivity index (χ3n) is 5.39. The van der Waals surface area contributed by atoms with Crippen molar-refractivity contribution in [3.8, 4) is 0 Å². The topological polar surface area (TPSA) is 63.1 Å². The van der Waals surface area contributed by atoms with Crippen LogP contribution in [0.25, 0.3) is 0 Å². The lowest BCUT2D eigenvalue weighted by Crippen LogP contribution is -2.30. The SMILES string of the molecule is Cc1ccsc1CN1CCc2nnc([C@@H](C)NC(=O)c3cc(F)ccc3F)n2CC1. The van der Waals surface area contributed by atoms with Gasteiger partial charge in [0.25, 0.3) is 5.91 Å². The number of amides is 1. The first-order chi connectivity index (χ1) is 14.4. The number of carbonyl (C=O) groups excluding carboxylic acids is 1. The lowest BCUT2D eigenvalue weighted by Gasteiger charge is -2.20. The van der Waals surface area contributed by atoms with E-state index in [4.69, 9.17) is 0 Å². The van der Waals surface area contributed by atoms with Crippen molar-refractivity contribution in [1.82, 2.24) is 25.0 Å². The second-order valence-corrected chi connectivity index (χ2v) is 8.50. The first kappa shape index (κ1) is 20.6. The number of benzene rings is 1. The van der Waals surface area contributed by atoms with E-state index in [2.05, 4.69) is 38.8 Å². The van der Waals surface area contributed by atoms with Crippen molar-refractivity contribution in [2.75, 3.05) is 13.1 Å².